The number of piperazine rings is 1. The van der Waals surface area contributed by atoms with Gasteiger partial charge in [-0.05, 0) is 38.6 Å². The summed E-state index contributed by atoms with van der Waals surface area (Å²) in [5.41, 5.74) is 2.70. The van der Waals surface area contributed by atoms with Gasteiger partial charge in [0.15, 0.2) is 0 Å². The van der Waals surface area contributed by atoms with Gasteiger partial charge in [0, 0.05) is 56.9 Å². The highest BCUT2D eigenvalue weighted by atomic mass is 35.5. The van der Waals surface area contributed by atoms with E-state index in [4.69, 9.17) is 11.6 Å². The van der Waals surface area contributed by atoms with E-state index in [-0.39, 0.29) is 0 Å². The predicted molar refractivity (Wildman–Crippen MR) is 92.4 cm³/mol. The summed E-state index contributed by atoms with van der Waals surface area (Å²) in [6.07, 6.45) is 0. The number of rotatable bonds is 6. The van der Waals surface area contributed by atoms with Crippen LogP contribution < -0.4 is 4.90 Å². The molecule has 0 unspecified atom stereocenters. The molecule has 1 aromatic carbocycles. The quantitative estimate of drug-likeness (QED) is 0.748. The molecule has 118 valence electrons. The van der Waals surface area contributed by atoms with Gasteiger partial charge in [0.05, 0.1) is 0 Å². The predicted octanol–water partition coefficient (Wildman–Crippen LogP) is 2.89. The second-order valence-corrected chi connectivity index (χ2v) is 6.59. The van der Waals surface area contributed by atoms with Crippen molar-refractivity contribution < 1.29 is 0 Å². The molecule has 0 aliphatic carbocycles. The summed E-state index contributed by atoms with van der Waals surface area (Å²) < 4.78 is 0. The Balaban J connectivity index is 1.88. The molecule has 0 radical (unpaired) electrons. The summed E-state index contributed by atoms with van der Waals surface area (Å²) in [5.74, 6) is 0.689. The third-order valence-electron chi connectivity index (χ3n) is 4.26. The Hall–Kier alpha value is -0.770. The van der Waals surface area contributed by atoms with Crippen LogP contribution in [0.1, 0.15) is 19.4 Å². The number of halogens is 1. The third kappa shape index (κ3) is 4.87. The van der Waals surface area contributed by atoms with Crippen LogP contribution in [0.5, 0.6) is 0 Å². The van der Waals surface area contributed by atoms with Crippen molar-refractivity contribution >= 4 is 17.3 Å². The molecule has 0 amide bonds. The summed E-state index contributed by atoms with van der Waals surface area (Å²) in [4.78, 5) is 7.29. The van der Waals surface area contributed by atoms with Crippen LogP contribution in [-0.2, 0) is 6.54 Å². The zero-order chi connectivity index (χ0) is 15.2. The van der Waals surface area contributed by atoms with E-state index in [1.807, 2.05) is 0 Å². The second-order valence-electron chi connectivity index (χ2n) is 6.21. The zero-order valence-electron chi connectivity index (χ0n) is 13.6. The van der Waals surface area contributed by atoms with Crippen molar-refractivity contribution in [2.75, 3.05) is 50.6 Å². The number of alkyl halides is 1. The average molecular weight is 310 g/mol. The van der Waals surface area contributed by atoms with Gasteiger partial charge in [-0.3, -0.25) is 4.90 Å². The average Bonchev–Trinajstić information content (AvgIpc) is 2.48. The number of nitrogens with zero attached hydrogens (tertiary/aromatic N) is 3. The fourth-order valence-corrected chi connectivity index (χ4v) is 3.13. The van der Waals surface area contributed by atoms with Gasteiger partial charge in [-0.25, -0.2) is 0 Å². The van der Waals surface area contributed by atoms with Crippen molar-refractivity contribution in [3.8, 4) is 0 Å². The Kier molecular flexibility index (Phi) is 6.34. The van der Waals surface area contributed by atoms with Crippen molar-refractivity contribution in [2.24, 2.45) is 0 Å². The van der Waals surface area contributed by atoms with E-state index < -0.39 is 0 Å². The molecule has 3 nitrogen and oxygen atoms in total. The molecule has 0 N–H and O–H groups in total. The Morgan fingerprint density at radius 2 is 1.71 bits per heavy atom. The Bertz CT molecular complexity index is 411. The SMILES string of the molecule is CC(C)N1CCN(c2ccc(CN(C)CCCl)cc2)CC1. The molecular formula is C17H28ClN3. The maximum Gasteiger partial charge on any atom is 0.0367 e. The van der Waals surface area contributed by atoms with Gasteiger partial charge in [0.25, 0.3) is 0 Å². The van der Waals surface area contributed by atoms with Gasteiger partial charge < -0.3 is 9.80 Å². The lowest BCUT2D eigenvalue weighted by atomic mass is 10.1. The third-order valence-corrected chi connectivity index (χ3v) is 4.43. The van der Waals surface area contributed by atoms with Crippen molar-refractivity contribution in [3.63, 3.8) is 0 Å². The Morgan fingerprint density at radius 1 is 1.10 bits per heavy atom. The van der Waals surface area contributed by atoms with Crippen molar-refractivity contribution in [2.45, 2.75) is 26.4 Å². The number of hydrogen-bond donors (Lipinski definition) is 0. The molecular weight excluding hydrogens is 282 g/mol. The summed E-state index contributed by atoms with van der Waals surface area (Å²) in [6, 6.07) is 9.67. The van der Waals surface area contributed by atoms with Crippen LogP contribution in [0.4, 0.5) is 5.69 Å². The van der Waals surface area contributed by atoms with E-state index in [9.17, 15) is 0 Å². The van der Waals surface area contributed by atoms with Crippen molar-refractivity contribution in [3.05, 3.63) is 29.8 Å². The van der Waals surface area contributed by atoms with Gasteiger partial charge in [-0.2, -0.15) is 0 Å². The molecule has 1 aliphatic heterocycles. The maximum atomic E-state index is 5.77. The zero-order valence-corrected chi connectivity index (χ0v) is 14.3. The monoisotopic (exact) mass is 309 g/mol. The first-order valence-corrected chi connectivity index (χ1v) is 8.46. The molecule has 0 bridgehead atoms. The van der Waals surface area contributed by atoms with E-state index in [0.29, 0.717) is 11.9 Å². The molecule has 2 rings (SSSR count). The molecule has 0 spiro atoms. The number of anilines is 1. The van der Waals surface area contributed by atoms with Crippen molar-refractivity contribution in [1.82, 2.24) is 9.80 Å². The topological polar surface area (TPSA) is 9.72 Å². The van der Waals surface area contributed by atoms with Gasteiger partial charge in [-0.15, -0.1) is 11.6 Å². The molecule has 0 saturated carbocycles. The fourth-order valence-electron chi connectivity index (χ4n) is 2.84. The van der Waals surface area contributed by atoms with Crippen LogP contribution in [-0.4, -0.2) is 61.5 Å². The summed E-state index contributed by atoms with van der Waals surface area (Å²) in [5, 5.41) is 0. The highest BCUT2D eigenvalue weighted by Crippen LogP contribution is 2.18. The van der Waals surface area contributed by atoms with Gasteiger partial charge in [0.2, 0.25) is 0 Å². The van der Waals surface area contributed by atoms with Gasteiger partial charge in [0.1, 0.15) is 0 Å². The normalized spacial score (nSPS) is 17.0. The molecule has 0 aromatic heterocycles. The molecule has 4 heteroatoms. The molecule has 1 fully saturated rings. The first-order chi connectivity index (χ1) is 10.1. The lowest BCUT2D eigenvalue weighted by Crippen LogP contribution is -2.48. The molecule has 1 saturated heterocycles. The Morgan fingerprint density at radius 3 is 2.24 bits per heavy atom. The van der Waals surface area contributed by atoms with Gasteiger partial charge in [-0.1, -0.05) is 12.1 Å². The first-order valence-electron chi connectivity index (χ1n) is 7.92. The minimum absolute atomic E-state index is 0.659. The smallest absolute Gasteiger partial charge is 0.0367 e. The standard InChI is InChI=1S/C17H28ClN3/c1-15(2)20-10-12-21(13-11-20)17-6-4-16(5-7-17)14-19(3)9-8-18/h4-7,15H,8-14H2,1-3H3. The largest absolute Gasteiger partial charge is 0.369 e. The molecule has 1 aromatic rings. The van der Waals surface area contributed by atoms with Crippen molar-refractivity contribution in [1.29, 1.82) is 0 Å². The Labute approximate surface area is 134 Å². The molecule has 0 atom stereocenters. The first kappa shape index (κ1) is 16.6. The second kappa shape index (κ2) is 8.02. The number of hydrogen-bond acceptors (Lipinski definition) is 3. The highest BCUT2D eigenvalue weighted by molar-refractivity contribution is 6.18. The van der Waals surface area contributed by atoms with Crippen LogP contribution in [0.3, 0.4) is 0 Å². The summed E-state index contributed by atoms with van der Waals surface area (Å²) in [6.45, 7) is 11.0. The van der Waals surface area contributed by atoms with Crippen LogP contribution in [0.25, 0.3) is 0 Å². The van der Waals surface area contributed by atoms with Crippen LogP contribution in [0.15, 0.2) is 24.3 Å². The number of benzene rings is 1. The van der Waals surface area contributed by atoms with E-state index in [1.165, 1.54) is 11.3 Å². The minimum atomic E-state index is 0.659. The van der Waals surface area contributed by atoms with E-state index in [2.05, 4.69) is 59.9 Å². The lowest BCUT2D eigenvalue weighted by molar-refractivity contribution is 0.209. The van der Waals surface area contributed by atoms with E-state index in [1.54, 1.807) is 0 Å². The van der Waals surface area contributed by atoms with Crippen LogP contribution in [0, 0.1) is 0 Å². The van der Waals surface area contributed by atoms with Crippen LogP contribution in [0.2, 0.25) is 0 Å². The maximum absolute atomic E-state index is 5.77. The molecule has 1 heterocycles. The summed E-state index contributed by atoms with van der Waals surface area (Å²) >= 11 is 5.77. The summed E-state index contributed by atoms with van der Waals surface area (Å²) in [7, 11) is 2.11. The minimum Gasteiger partial charge on any atom is -0.369 e. The molecule has 1 aliphatic rings. The highest BCUT2D eigenvalue weighted by Gasteiger charge is 2.18. The van der Waals surface area contributed by atoms with Gasteiger partial charge >= 0.3 is 0 Å². The molecule has 21 heavy (non-hydrogen) atoms. The lowest BCUT2D eigenvalue weighted by Gasteiger charge is -2.38. The van der Waals surface area contributed by atoms with E-state index >= 15 is 0 Å². The fraction of sp³-hybridized carbons (Fsp3) is 0.647. The van der Waals surface area contributed by atoms with E-state index in [0.717, 1.165) is 39.3 Å². The van der Waals surface area contributed by atoms with Crippen LogP contribution >= 0.6 is 11.6 Å².